The highest BCUT2D eigenvalue weighted by atomic mass is 16.3. The normalized spacial score (nSPS) is 17.6. The van der Waals surface area contributed by atoms with E-state index in [1.807, 2.05) is 32.0 Å². The van der Waals surface area contributed by atoms with Crippen molar-refractivity contribution < 1.29 is 23.9 Å². The Balaban J connectivity index is 1.46. The van der Waals surface area contributed by atoms with Crippen LogP contribution in [0.15, 0.2) is 70.4 Å². The summed E-state index contributed by atoms with van der Waals surface area (Å²) in [6.45, 7) is 4.07. The number of carbonyl (C=O) groups excluding carboxylic acids is 3. The molecule has 0 saturated heterocycles. The predicted octanol–water partition coefficient (Wildman–Crippen LogP) is 3.16. The molecule has 1 aliphatic carbocycles. The monoisotopic (exact) mass is 486 g/mol. The number of hydrogen-bond acceptors (Lipinski definition) is 7. The van der Waals surface area contributed by atoms with E-state index >= 15 is 0 Å². The van der Waals surface area contributed by atoms with Gasteiger partial charge in [-0.15, -0.1) is 0 Å². The molecule has 0 saturated carbocycles. The number of furan rings is 1. The van der Waals surface area contributed by atoms with Crippen molar-refractivity contribution in [2.45, 2.75) is 39.0 Å². The van der Waals surface area contributed by atoms with Crippen LogP contribution in [0, 0.1) is 6.92 Å². The molecule has 3 aromatic rings. The molecule has 0 spiro atoms. The first-order valence-corrected chi connectivity index (χ1v) is 11.7. The third-order valence-electron chi connectivity index (χ3n) is 6.54. The van der Waals surface area contributed by atoms with E-state index in [2.05, 4.69) is 10.6 Å². The molecule has 2 atom stereocenters. The third-order valence-corrected chi connectivity index (χ3v) is 6.54. The summed E-state index contributed by atoms with van der Waals surface area (Å²) in [6, 6.07) is 15.5. The van der Waals surface area contributed by atoms with Crippen LogP contribution in [0.4, 0.5) is 11.4 Å². The van der Waals surface area contributed by atoms with Crippen molar-refractivity contribution in [2.75, 3.05) is 10.2 Å². The maximum atomic E-state index is 13.5. The number of fused-ring (bicyclic) bond motifs is 1. The molecule has 184 valence electrons. The summed E-state index contributed by atoms with van der Waals surface area (Å²) in [5.74, 6) is 0.0838. The molecule has 2 heterocycles. The lowest BCUT2D eigenvalue weighted by atomic mass is 9.93. The summed E-state index contributed by atoms with van der Waals surface area (Å²) in [7, 11) is 0. The van der Waals surface area contributed by atoms with Crippen LogP contribution < -0.4 is 21.3 Å². The Morgan fingerprint density at radius 2 is 1.94 bits per heavy atom. The number of hydrogen-bond donors (Lipinski definition) is 4. The Kier molecular flexibility index (Phi) is 5.85. The van der Waals surface area contributed by atoms with Crippen LogP contribution in [0.1, 0.15) is 57.2 Å². The lowest BCUT2D eigenvalue weighted by Gasteiger charge is -2.32. The van der Waals surface area contributed by atoms with E-state index in [1.165, 1.54) is 4.90 Å². The van der Waals surface area contributed by atoms with Crippen molar-refractivity contribution in [2.24, 2.45) is 5.73 Å². The molecule has 5 rings (SSSR count). The number of carbonyl (C=O) groups is 3. The van der Waals surface area contributed by atoms with Crippen LogP contribution in [0.3, 0.4) is 0 Å². The van der Waals surface area contributed by atoms with Gasteiger partial charge >= 0.3 is 0 Å². The predicted molar refractivity (Wildman–Crippen MR) is 133 cm³/mol. The summed E-state index contributed by atoms with van der Waals surface area (Å²) in [5, 5.41) is 16.7. The molecule has 5 N–H and O–H groups in total. The van der Waals surface area contributed by atoms with E-state index < -0.39 is 17.8 Å². The molecule has 1 aliphatic heterocycles. The molecule has 9 heteroatoms. The number of rotatable bonds is 8. The first-order valence-electron chi connectivity index (χ1n) is 11.7. The summed E-state index contributed by atoms with van der Waals surface area (Å²) in [5.41, 5.74) is 8.36. The molecule has 2 amide bonds. The van der Waals surface area contributed by atoms with Gasteiger partial charge in [-0.1, -0.05) is 31.2 Å². The quantitative estimate of drug-likeness (QED) is 0.384. The Morgan fingerprint density at radius 1 is 1.17 bits per heavy atom. The van der Waals surface area contributed by atoms with Crippen LogP contribution in [0.2, 0.25) is 0 Å². The zero-order valence-electron chi connectivity index (χ0n) is 19.9. The highest BCUT2D eigenvalue weighted by Gasteiger charge is 2.41. The van der Waals surface area contributed by atoms with E-state index in [0.717, 1.165) is 11.3 Å². The Morgan fingerprint density at radius 3 is 2.64 bits per heavy atom. The standard InChI is InChI=1S/C27H26N4O5/c1-3-17(20-12-11-14(2)36-20)29-22-23(25(33)24(22)32)30-18-9-6-7-15-13-31(27(35)21(15)18)19-10-5-4-8-16(19)26(28)34/h4-12,17,25,29-30,33H,3,13H2,1-2H3,(H2,28,34)/t17-,25?/m1/s1. The molecule has 2 aliphatic rings. The number of primary amides is 1. The van der Waals surface area contributed by atoms with Crippen LogP contribution in [0.5, 0.6) is 0 Å². The van der Waals surface area contributed by atoms with E-state index in [4.69, 9.17) is 10.2 Å². The molecule has 0 bridgehead atoms. The van der Waals surface area contributed by atoms with Crippen molar-refractivity contribution in [3.8, 4) is 0 Å². The zero-order valence-corrected chi connectivity index (χ0v) is 19.9. The summed E-state index contributed by atoms with van der Waals surface area (Å²) in [4.78, 5) is 39.4. The number of nitrogens with two attached hydrogens (primary N) is 1. The first kappa shape index (κ1) is 23.4. The van der Waals surface area contributed by atoms with E-state index in [1.54, 1.807) is 36.4 Å². The minimum Gasteiger partial charge on any atom is -0.464 e. The number of anilines is 2. The first-order chi connectivity index (χ1) is 17.3. The minimum absolute atomic E-state index is 0.251. The molecular formula is C27H26N4O5. The molecule has 36 heavy (non-hydrogen) atoms. The fourth-order valence-electron chi connectivity index (χ4n) is 4.65. The largest absolute Gasteiger partial charge is 0.464 e. The molecule has 9 nitrogen and oxygen atoms in total. The molecule has 1 unspecified atom stereocenters. The summed E-state index contributed by atoms with van der Waals surface area (Å²) >= 11 is 0. The van der Waals surface area contributed by atoms with Crippen LogP contribution in [0.25, 0.3) is 0 Å². The average molecular weight is 487 g/mol. The molecular weight excluding hydrogens is 460 g/mol. The number of aliphatic hydroxyl groups is 1. The van der Waals surface area contributed by atoms with Gasteiger partial charge in [-0.25, -0.2) is 0 Å². The van der Waals surface area contributed by atoms with E-state index in [9.17, 15) is 19.5 Å². The van der Waals surface area contributed by atoms with Crippen molar-refractivity contribution in [1.82, 2.24) is 5.32 Å². The van der Waals surface area contributed by atoms with Gasteiger partial charge in [0.1, 0.15) is 17.2 Å². The zero-order chi connectivity index (χ0) is 25.6. The van der Waals surface area contributed by atoms with E-state index in [-0.39, 0.29) is 29.8 Å². The van der Waals surface area contributed by atoms with Crippen molar-refractivity contribution in [3.05, 3.63) is 94.2 Å². The highest BCUT2D eigenvalue weighted by Crippen LogP contribution is 2.36. The van der Waals surface area contributed by atoms with Gasteiger partial charge in [-0.05, 0) is 49.2 Å². The Hall–Kier alpha value is -4.37. The number of nitrogens with one attached hydrogen (secondary N) is 2. The van der Waals surface area contributed by atoms with Gasteiger partial charge in [-0.2, -0.15) is 0 Å². The van der Waals surface area contributed by atoms with Crippen molar-refractivity contribution in [1.29, 1.82) is 0 Å². The maximum Gasteiger partial charge on any atom is 0.261 e. The average Bonchev–Trinajstić information content (AvgIpc) is 3.46. The maximum absolute atomic E-state index is 13.5. The fraction of sp³-hybridized carbons (Fsp3) is 0.222. The van der Waals surface area contributed by atoms with Gasteiger partial charge in [0, 0.05) is 0 Å². The minimum atomic E-state index is -1.33. The summed E-state index contributed by atoms with van der Waals surface area (Å²) < 4.78 is 5.71. The van der Waals surface area contributed by atoms with Crippen LogP contribution in [-0.2, 0) is 11.3 Å². The molecule has 0 fully saturated rings. The Labute approximate surface area is 207 Å². The van der Waals surface area contributed by atoms with Gasteiger partial charge in [0.25, 0.3) is 11.8 Å². The second kappa shape index (κ2) is 9.01. The van der Waals surface area contributed by atoms with Gasteiger partial charge in [-0.3, -0.25) is 14.4 Å². The lowest BCUT2D eigenvalue weighted by molar-refractivity contribution is -0.125. The number of amides is 2. The number of Topliss-reactive ketones (excluding diaryl/α,β-unsaturated/α-hetero) is 1. The molecule has 2 aromatic carbocycles. The number of ketones is 1. The second-order valence-electron chi connectivity index (χ2n) is 8.85. The van der Waals surface area contributed by atoms with Gasteiger partial charge in [0.15, 0.2) is 6.10 Å². The highest BCUT2D eigenvalue weighted by molar-refractivity contribution is 6.16. The van der Waals surface area contributed by atoms with Crippen LogP contribution >= 0.6 is 0 Å². The smallest absolute Gasteiger partial charge is 0.261 e. The van der Waals surface area contributed by atoms with Crippen molar-refractivity contribution >= 4 is 29.0 Å². The number of aryl methyl sites for hydroxylation is 1. The SMILES string of the molecule is CC[C@@H](NC1=C(Nc2cccc3c2C(=O)N(c2ccccc2C(N)=O)C3)C(O)C1=O)c1ccc(C)o1. The van der Waals surface area contributed by atoms with Gasteiger partial charge < -0.3 is 30.8 Å². The fourth-order valence-corrected chi connectivity index (χ4v) is 4.65. The van der Waals surface area contributed by atoms with Gasteiger partial charge in [0.2, 0.25) is 5.78 Å². The molecule has 0 radical (unpaired) electrons. The summed E-state index contributed by atoms with van der Waals surface area (Å²) in [6.07, 6.45) is -0.678. The topological polar surface area (TPSA) is 138 Å². The Bertz CT molecular complexity index is 1420. The number of nitrogens with zero attached hydrogens (tertiary/aromatic N) is 1. The van der Waals surface area contributed by atoms with Crippen molar-refractivity contribution in [3.63, 3.8) is 0 Å². The molecule has 1 aromatic heterocycles. The number of benzene rings is 2. The van der Waals surface area contributed by atoms with Gasteiger partial charge in [0.05, 0.1) is 40.8 Å². The van der Waals surface area contributed by atoms with E-state index in [0.29, 0.717) is 34.8 Å². The second-order valence-corrected chi connectivity index (χ2v) is 8.85. The number of aliphatic hydroxyl groups excluding tert-OH is 1. The number of para-hydroxylation sites is 1. The lowest BCUT2D eigenvalue weighted by Crippen LogP contribution is -2.46. The third kappa shape index (κ3) is 3.83. The van der Waals surface area contributed by atoms with Crippen LogP contribution in [-0.4, -0.2) is 28.8 Å².